The summed E-state index contributed by atoms with van der Waals surface area (Å²) in [5.74, 6) is 1.75. The predicted octanol–water partition coefficient (Wildman–Crippen LogP) is 3.01. The van der Waals surface area contributed by atoms with E-state index in [1.807, 2.05) is 12.1 Å². The van der Waals surface area contributed by atoms with Crippen molar-refractivity contribution >= 4 is 5.96 Å². The Morgan fingerprint density at radius 2 is 1.80 bits per heavy atom. The molecule has 1 aromatic carbocycles. The smallest absolute Gasteiger partial charge is 0.191 e. The van der Waals surface area contributed by atoms with E-state index in [9.17, 15) is 0 Å². The normalized spacial score (nSPS) is 16.6. The predicted molar refractivity (Wildman–Crippen MR) is 105 cm³/mol. The van der Waals surface area contributed by atoms with E-state index in [-0.39, 0.29) is 5.54 Å². The fraction of sp³-hybridized carbons (Fsp3) is 0.650. The maximum Gasteiger partial charge on any atom is 0.191 e. The van der Waals surface area contributed by atoms with Gasteiger partial charge in [-0.2, -0.15) is 0 Å². The molecule has 0 saturated carbocycles. The molecular formula is C20H34N4O. The summed E-state index contributed by atoms with van der Waals surface area (Å²) in [5.41, 5.74) is 1.31. The fourth-order valence-electron chi connectivity index (χ4n) is 3.15. The largest absolute Gasteiger partial charge is 0.497 e. The average Bonchev–Trinajstić information content (AvgIpc) is 2.65. The lowest BCUT2D eigenvalue weighted by Gasteiger charge is -2.41. The van der Waals surface area contributed by atoms with Crippen molar-refractivity contribution in [3.63, 3.8) is 0 Å². The summed E-state index contributed by atoms with van der Waals surface area (Å²) in [6.45, 7) is 11.5. The summed E-state index contributed by atoms with van der Waals surface area (Å²) < 4.78 is 5.20. The number of hydrogen-bond acceptors (Lipinski definition) is 3. The first-order valence-electron chi connectivity index (χ1n) is 9.45. The zero-order chi connectivity index (χ0) is 18.1. The molecule has 1 aromatic rings. The van der Waals surface area contributed by atoms with Crippen molar-refractivity contribution in [2.24, 2.45) is 4.99 Å². The number of ether oxygens (including phenoxy) is 1. The van der Waals surface area contributed by atoms with Crippen LogP contribution in [0.3, 0.4) is 0 Å². The molecule has 2 N–H and O–H groups in total. The van der Waals surface area contributed by atoms with Gasteiger partial charge >= 0.3 is 0 Å². The Bertz CT molecular complexity index is 533. The van der Waals surface area contributed by atoms with Gasteiger partial charge in [0, 0.05) is 18.6 Å². The van der Waals surface area contributed by atoms with E-state index in [2.05, 4.69) is 48.4 Å². The van der Waals surface area contributed by atoms with Crippen LogP contribution in [-0.4, -0.2) is 49.7 Å². The minimum Gasteiger partial charge on any atom is -0.497 e. The summed E-state index contributed by atoms with van der Waals surface area (Å²) >= 11 is 0. The SMILES string of the molecule is CCNC(=NCc1ccc(OC)cc1)NCC(C)(C)N1CCCCC1. The molecule has 1 fully saturated rings. The van der Waals surface area contributed by atoms with Crippen molar-refractivity contribution < 1.29 is 4.74 Å². The standard InChI is InChI=1S/C20H34N4O/c1-5-21-19(22-15-17-9-11-18(25-4)12-10-17)23-16-20(2,3)24-13-7-6-8-14-24/h9-12H,5-8,13-16H2,1-4H3,(H2,21,22,23). The molecule has 0 unspecified atom stereocenters. The molecule has 0 aromatic heterocycles. The molecule has 0 atom stereocenters. The Hall–Kier alpha value is -1.75. The number of hydrogen-bond donors (Lipinski definition) is 2. The van der Waals surface area contributed by atoms with E-state index in [0.717, 1.165) is 24.8 Å². The van der Waals surface area contributed by atoms with E-state index in [1.54, 1.807) is 7.11 Å². The molecular weight excluding hydrogens is 312 g/mol. The van der Waals surface area contributed by atoms with Crippen LogP contribution < -0.4 is 15.4 Å². The van der Waals surface area contributed by atoms with Crippen molar-refractivity contribution in [3.8, 4) is 5.75 Å². The number of rotatable bonds is 7. The lowest BCUT2D eigenvalue weighted by Crippen LogP contribution is -2.54. The third kappa shape index (κ3) is 6.24. The van der Waals surface area contributed by atoms with E-state index < -0.39 is 0 Å². The zero-order valence-electron chi connectivity index (χ0n) is 16.3. The van der Waals surface area contributed by atoms with Gasteiger partial charge in [-0.3, -0.25) is 4.90 Å². The second-order valence-corrected chi connectivity index (χ2v) is 7.26. The maximum atomic E-state index is 5.20. The van der Waals surface area contributed by atoms with E-state index in [4.69, 9.17) is 9.73 Å². The van der Waals surface area contributed by atoms with Gasteiger partial charge in [0.05, 0.1) is 13.7 Å². The molecule has 0 bridgehead atoms. The molecule has 2 rings (SSSR count). The number of benzene rings is 1. The molecule has 1 aliphatic heterocycles. The Morgan fingerprint density at radius 1 is 1.12 bits per heavy atom. The number of piperidine rings is 1. The average molecular weight is 347 g/mol. The maximum absolute atomic E-state index is 5.20. The Kier molecular flexibility index (Phi) is 7.56. The van der Waals surface area contributed by atoms with Gasteiger partial charge in [0.2, 0.25) is 0 Å². The first-order valence-corrected chi connectivity index (χ1v) is 9.45. The number of aliphatic imine (C=N–C) groups is 1. The van der Waals surface area contributed by atoms with Gasteiger partial charge in [-0.05, 0) is 64.4 Å². The fourth-order valence-corrected chi connectivity index (χ4v) is 3.15. The molecule has 1 aliphatic rings. The Balaban J connectivity index is 1.91. The minimum atomic E-state index is 0.136. The molecule has 0 radical (unpaired) electrons. The van der Waals surface area contributed by atoms with Crippen molar-refractivity contribution in [2.75, 3.05) is 33.3 Å². The molecule has 0 aliphatic carbocycles. The third-order valence-corrected chi connectivity index (χ3v) is 4.82. The van der Waals surface area contributed by atoms with Crippen LogP contribution in [0.2, 0.25) is 0 Å². The number of methoxy groups -OCH3 is 1. The van der Waals surface area contributed by atoms with E-state index >= 15 is 0 Å². The number of nitrogens with one attached hydrogen (secondary N) is 2. The van der Waals surface area contributed by atoms with Gasteiger partial charge in [-0.15, -0.1) is 0 Å². The highest BCUT2D eigenvalue weighted by molar-refractivity contribution is 5.79. The van der Waals surface area contributed by atoms with Crippen LogP contribution in [0, 0.1) is 0 Å². The van der Waals surface area contributed by atoms with Crippen LogP contribution in [0.15, 0.2) is 29.3 Å². The van der Waals surface area contributed by atoms with E-state index in [0.29, 0.717) is 6.54 Å². The van der Waals surface area contributed by atoms with Crippen LogP contribution >= 0.6 is 0 Å². The second-order valence-electron chi connectivity index (χ2n) is 7.26. The van der Waals surface area contributed by atoms with Crippen LogP contribution in [0.25, 0.3) is 0 Å². The number of likely N-dealkylation sites (tertiary alicyclic amines) is 1. The van der Waals surface area contributed by atoms with E-state index in [1.165, 1.54) is 37.9 Å². The van der Waals surface area contributed by atoms with Crippen molar-refractivity contribution in [1.82, 2.24) is 15.5 Å². The molecule has 0 spiro atoms. The van der Waals surface area contributed by atoms with Gasteiger partial charge in [-0.1, -0.05) is 18.6 Å². The summed E-state index contributed by atoms with van der Waals surface area (Å²) in [4.78, 5) is 7.32. The molecule has 140 valence electrons. The summed E-state index contributed by atoms with van der Waals surface area (Å²) in [7, 11) is 1.68. The summed E-state index contributed by atoms with van der Waals surface area (Å²) in [6.07, 6.45) is 4.00. The number of guanidine groups is 1. The monoisotopic (exact) mass is 346 g/mol. The van der Waals surface area contributed by atoms with Gasteiger partial charge in [0.1, 0.15) is 5.75 Å². The lowest BCUT2D eigenvalue weighted by atomic mass is 9.98. The highest BCUT2D eigenvalue weighted by Crippen LogP contribution is 2.19. The van der Waals surface area contributed by atoms with Gasteiger partial charge in [0.25, 0.3) is 0 Å². The topological polar surface area (TPSA) is 48.9 Å². The molecule has 25 heavy (non-hydrogen) atoms. The van der Waals surface area contributed by atoms with Crippen molar-refractivity contribution in [2.45, 2.75) is 52.1 Å². The highest BCUT2D eigenvalue weighted by Gasteiger charge is 2.27. The molecule has 1 saturated heterocycles. The van der Waals surface area contributed by atoms with Crippen LogP contribution in [-0.2, 0) is 6.54 Å². The quantitative estimate of drug-likeness (QED) is 0.589. The Morgan fingerprint density at radius 3 is 2.40 bits per heavy atom. The molecule has 0 amide bonds. The first kappa shape index (κ1) is 19.6. The molecule has 5 nitrogen and oxygen atoms in total. The summed E-state index contributed by atoms with van der Waals surface area (Å²) in [5, 5.41) is 6.87. The molecule has 1 heterocycles. The van der Waals surface area contributed by atoms with Crippen LogP contribution in [0.1, 0.15) is 45.6 Å². The van der Waals surface area contributed by atoms with Gasteiger partial charge in [-0.25, -0.2) is 4.99 Å². The highest BCUT2D eigenvalue weighted by atomic mass is 16.5. The minimum absolute atomic E-state index is 0.136. The first-order chi connectivity index (χ1) is 12.0. The molecule has 5 heteroatoms. The van der Waals surface area contributed by atoms with Gasteiger partial charge < -0.3 is 15.4 Å². The van der Waals surface area contributed by atoms with Gasteiger partial charge in [0.15, 0.2) is 5.96 Å². The lowest BCUT2D eigenvalue weighted by molar-refractivity contribution is 0.0982. The second kappa shape index (κ2) is 9.66. The Labute approximate surface area is 152 Å². The van der Waals surface area contributed by atoms with Crippen LogP contribution in [0.5, 0.6) is 5.75 Å². The van der Waals surface area contributed by atoms with Crippen molar-refractivity contribution in [3.05, 3.63) is 29.8 Å². The number of nitrogens with zero attached hydrogens (tertiary/aromatic N) is 2. The van der Waals surface area contributed by atoms with Crippen LogP contribution in [0.4, 0.5) is 0 Å². The zero-order valence-corrected chi connectivity index (χ0v) is 16.3. The summed E-state index contributed by atoms with van der Waals surface area (Å²) in [6, 6.07) is 8.07. The van der Waals surface area contributed by atoms with Crippen molar-refractivity contribution in [1.29, 1.82) is 0 Å². The third-order valence-electron chi connectivity index (χ3n) is 4.82.